The van der Waals surface area contributed by atoms with Crippen LogP contribution in [0.3, 0.4) is 0 Å². The molecule has 25 heavy (non-hydrogen) atoms. The van der Waals surface area contributed by atoms with Crippen molar-refractivity contribution in [2.75, 3.05) is 13.1 Å². The topological polar surface area (TPSA) is 123 Å². The van der Waals surface area contributed by atoms with Gasteiger partial charge in [-0.1, -0.05) is 12.1 Å². The summed E-state index contributed by atoms with van der Waals surface area (Å²) < 4.78 is 0. The molecule has 0 bridgehead atoms. The van der Waals surface area contributed by atoms with Crippen LogP contribution in [-0.2, 0) is 0 Å². The molecule has 1 aromatic carbocycles. The van der Waals surface area contributed by atoms with Gasteiger partial charge in [-0.2, -0.15) is 0 Å². The lowest BCUT2D eigenvalue weighted by atomic mass is 9.89. The minimum Gasteiger partial charge on any atom is -0.478 e. The highest BCUT2D eigenvalue weighted by Gasteiger charge is 2.26. The van der Waals surface area contributed by atoms with Crippen molar-refractivity contribution < 1.29 is 14.7 Å². The highest BCUT2D eigenvalue weighted by Crippen LogP contribution is 2.28. The van der Waals surface area contributed by atoms with E-state index < -0.39 is 23.1 Å². The molecule has 2 heterocycles. The molecule has 3 N–H and O–H groups in total. The molecule has 1 aliphatic rings. The molecule has 1 amide bonds. The van der Waals surface area contributed by atoms with Crippen LogP contribution in [0.15, 0.2) is 39.9 Å². The smallest absolute Gasteiger partial charge is 0.335 e. The normalized spacial score (nSPS) is 17.3. The molecule has 0 aliphatic carbocycles. The van der Waals surface area contributed by atoms with E-state index in [0.29, 0.717) is 13.1 Å². The van der Waals surface area contributed by atoms with Gasteiger partial charge in [0.05, 0.1) is 5.56 Å². The van der Waals surface area contributed by atoms with Gasteiger partial charge in [0.15, 0.2) is 0 Å². The number of hydrogen-bond acceptors (Lipinski definition) is 4. The maximum Gasteiger partial charge on any atom is 0.335 e. The van der Waals surface area contributed by atoms with Crippen LogP contribution in [0.2, 0.25) is 0 Å². The van der Waals surface area contributed by atoms with E-state index >= 15 is 0 Å². The molecule has 1 aromatic heterocycles. The summed E-state index contributed by atoms with van der Waals surface area (Å²) in [7, 11) is 0. The second-order valence-electron chi connectivity index (χ2n) is 6.02. The second-order valence-corrected chi connectivity index (χ2v) is 6.02. The summed E-state index contributed by atoms with van der Waals surface area (Å²) in [5, 5.41) is 9.12. The lowest BCUT2D eigenvalue weighted by molar-refractivity contribution is 0.0685. The zero-order valence-electron chi connectivity index (χ0n) is 13.3. The van der Waals surface area contributed by atoms with Crippen molar-refractivity contribution in [1.29, 1.82) is 0 Å². The SMILES string of the molecule is O=C(O)c1cccc([C@H]2CCCN(C(=O)c3cc(=O)[nH]c(=O)[nH]3)C2)c1. The van der Waals surface area contributed by atoms with Crippen LogP contribution in [0, 0.1) is 0 Å². The molecule has 1 fully saturated rings. The van der Waals surface area contributed by atoms with Crippen LogP contribution >= 0.6 is 0 Å². The maximum atomic E-state index is 12.6. The maximum absolute atomic E-state index is 12.6. The Kier molecular flexibility index (Phi) is 4.51. The molecule has 2 aromatic rings. The third-order valence-electron chi connectivity index (χ3n) is 4.30. The number of aromatic amines is 2. The Morgan fingerprint density at radius 2 is 1.96 bits per heavy atom. The number of H-pyrrole nitrogens is 2. The number of aromatic carboxylic acids is 1. The van der Waals surface area contributed by atoms with Crippen molar-refractivity contribution in [1.82, 2.24) is 14.9 Å². The fourth-order valence-corrected chi connectivity index (χ4v) is 3.11. The standard InChI is InChI=1S/C17H17N3O5/c21-14-8-13(18-17(25)19-14)15(22)20-6-2-5-12(9-20)10-3-1-4-11(7-10)16(23)24/h1,3-4,7-8,12H,2,5-6,9H2,(H,23,24)(H2,18,19,21,25)/t12-/m0/s1. The quantitative estimate of drug-likeness (QED) is 0.760. The number of carboxylic acids is 1. The van der Waals surface area contributed by atoms with E-state index in [-0.39, 0.29) is 17.2 Å². The summed E-state index contributed by atoms with van der Waals surface area (Å²) >= 11 is 0. The Morgan fingerprint density at radius 1 is 1.16 bits per heavy atom. The molecule has 0 radical (unpaired) electrons. The molecule has 8 nitrogen and oxygen atoms in total. The number of piperidine rings is 1. The van der Waals surface area contributed by atoms with Crippen LogP contribution in [0.1, 0.15) is 45.2 Å². The lowest BCUT2D eigenvalue weighted by Gasteiger charge is -2.33. The Labute approximate surface area is 142 Å². The van der Waals surface area contributed by atoms with Gasteiger partial charge in [-0.3, -0.25) is 14.6 Å². The number of amides is 1. The van der Waals surface area contributed by atoms with E-state index in [9.17, 15) is 19.2 Å². The van der Waals surface area contributed by atoms with Crippen molar-refractivity contribution in [3.63, 3.8) is 0 Å². The van der Waals surface area contributed by atoms with E-state index in [1.165, 1.54) is 6.07 Å². The van der Waals surface area contributed by atoms with E-state index in [1.54, 1.807) is 17.0 Å². The van der Waals surface area contributed by atoms with Crippen LogP contribution in [-0.4, -0.2) is 44.9 Å². The summed E-state index contributed by atoms with van der Waals surface area (Å²) in [6.07, 6.45) is 1.58. The minimum atomic E-state index is -0.994. The highest BCUT2D eigenvalue weighted by molar-refractivity contribution is 5.92. The van der Waals surface area contributed by atoms with Gasteiger partial charge in [-0.25, -0.2) is 9.59 Å². The Balaban J connectivity index is 1.82. The molecule has 1 saturated heterocycles. The van der Waals surface area contributed by atoms with Gasteiger partial charge in [0.25, 0.3) is 11.5 Å². The molecule has 1 atom stereocenters. The van der Waals surface area contributed by atoms with Crippen LogP contribution in [0.4, 0.5) is 0 Å². The number of rotatable bonds is 3. The number of hydrogen-bond donors (Lipinski definition) is 3. The summed E-state index contributed by atoms with van der Waals surface area (Å²) in [4.78, 5) is 52.4. The highest BCUT2D eigenvalue weighted by atomic mass is 16.4. The van der Waals surface area contributed by atoms with E-state index in [4.69, 9.17) is 5.11 Å². The van der Waals surface area contributed by atoms with Crippen LogP contribution in [0.25, 0.3) is 0 Å². The largest absolute Gasteiger partial charge is 0.478 e. The number of nitrogens with zero attached hydrogens (tertiary/aromatic N) is 1. The zero-order valence-corrected chi connectivity index (χ0v) is 13.3. The van der Waals surface area contributed by atoms with E-state index in [1.807, 2.05) is 11.1 Å². The Hall–Kier alpha value is -3.16. The third-order valence-corrected chi connectivity index (χ3v) is 4.30. The first kappa shape index (κ1) is 16.7. The number of carbonyl (C=O) groups is 2. The summed E-state index contributed by atoms with van der Waals surface area (Å²) in [6.45, 7) is 0.916. The zero-order chi connectivity index (χ0) is 18.0. The first-order valence-corrected chi connectivity index (χ1v) is 7.90. The van der Waals surface area contributed by atoms with E-state index in [2.05, 4.69) is 4.98 Å². The molecule has 1 aliphatic heterocycles. The van der Waals surface area contributed by atoms with Gasteiger partial charge in [0.1, 0.15) is 5.69 Å². The van der Waals surface area contributed by atoms with Crippen LogP contribution in [0.5, 0.6) is 0 Å². The Bertz CT molecular complexity index is 902. The van der Waals surface area contributed by atoms with Crippen LogP contribution < -0.4 is 11.2 Å². The molecule has 130 valence electrons. The van der Waals surface area contributed by atoms with Crippen molar-refractivity contribution in [2.24, 2.45) is 0 Å². The van der Waals surface area contributed by atoms with Crippen molar-refractivity contribution in [3.8, 4) is 0 Å². The molecular weight excluding hydrogens is 326 g/mol. The first-order valence-electron chi connectivity index (χ1n) is 7.90. The van der Waals surface area contributed by atoms with Crippen molar-refractivity contribution in [3.05, 3.63) is 68.0 Å². The average molecular weight is 343 g/mol. The van der Waals surface area contributed by atoms with E-state index in [0.717, 1.165) is 24.5 Å². The van der Waals surface area contributed by atoms with Gasteiger partial charge >= 0.3 is 11.7 Å². The number of aromatic nitrogens is 2. The number of benzene rings is 1. The summed E-state index contributed by atoms with van der Waals surface area (Å²) in [5.41, 5.74) is -0.334. The molecule has 0 unspecified atom stereocenters. The summed E-state index contributed by atoms with van der Waals surface area (Å²) in [5.74, 6) is -1.40. The Morgan fingerprint density at radius 3 is 2.68 bits per heavy atom. The predicted molar refractivity (Wildman–Crippen MR) is 89.0 cm³/mol. The lowest BCUT2D eigenvalue weighted by Crippen LogP contribution is -2.41. The van der Waals surface area contributed by atoms with Crippen molar-refractivity contribution in [2.45, 2.75) is 18.8 Å². The second kappa shape index (κ2) is 6.76. The fourth-order valence-electron chi connectivity index (χ4n) is 3.11. The molecule has 0 saturated carbocycles. The summed E-state index contributed by atoms with van der Waals surface area (Å²) in [6, 6.07) is 7.75. The minimum absolute atomic E-state index is 0.00530. The number of carbonyl (C=O) groups excluding carboxylic acids is 1. The molecule has 8 heteroatoms. The fraction of sp³-hybridized carbons (Fsp3) is 0.294. The van der Waals surface area contributed by atoms with Gasteiger partial charge in [-0.05, 0) is 30.5 Å². The average Bonchev–Trinajstić information content (AvgIpc) is 2.60. The first-order chi connectivity index (χ1) is 11.9. The van der Waals surface area contributed by atoms with Crippen molar-refractivity contribution >= 4 is 11.9 Å². The van der Waals surface area contributed by atoms with Gasteiger partial charge in [0, 0.05) is 25.1 Å². The number of nitrogens with one attached hydrogen (secondary N) is 2. The molecular formula is C17H17N3O5. The molecule has 3 rings (SSSR count). The molecule has 0 spiro atoms. The van der Waals surface area contributed by atoms with Gasteiger partial charge in [0.2, 0.25) is 0 Å². The van der Waals surface area contributed by atoms with Gasteiger partial charge in [-0.15, -0.1) is 0 Å². The van der Waals surface area contributed by atoms with Gasteiger partial charge < -0.3 is 15.0 Å². The number of carboxylic acid groups (broad SMARTS) is 1. The predicted octanol–water partition coefficient (Wildman–Crippen LogP) is 0.781. The monoisotopic (exact) mass is 343 g/mol. The number of likely N-dealkylation sites (tertiary alicyclic amines) is 1. The third kappa shape index (κ3) is 3.68.